The Labute approximate surface area is 206 Å². The summed E-state index contributed by atoms with van der Waals surface area (Å²) >= 11 is 1.27. The number of carbonyl (C=O) groups excluding carboxylic acids is 1. The third-order valence-corrected chi connectivity index (χ3v) is 6.91. The molecule has 8 heteroatoms. The number of nitrogens with one attached hydrogen (secondary N) is 1. The number of nitrogens with zero attached hydrogens (tertiary/aromatic N) is 5. The van der Waals surface area contributed by atoms with Gasteiger partial charge in [0.25, 0.3) is 5.91 Å². The maximum Gasteiger partial charge on any atom is 0.283 e. The van der Waals surface area contributed by atoms with Crippen LogP contribution in [0.3, 0.4) is 0 Å². The third kappa shape index (κ3) is 3.87. The van der Waals surface area contributed by atoms with Gasteiger partial charge in [-0.15, -0.1) is 0 Å². The largest absolute Gasteiger partial charge is 0.342 e. The van der Waals surface area contributed by atoms with Crippen LogP contribution in [-0.4, -0.2) is 36.5 Å². The second-order valence-corrected chi connectivity index (χ2v) is 9.34. The predicted molar refractivity (Wildman–Crippen MR) is 141 cm³/mol. The van der Waals surface area contributed by atoms with Gasteiger partial charge in [-0.1, -0.05) is 48.0 Å². The van der Waals surface area contributed by atoms with E-state index in [9.17, 15) is 4.79 Å². The number of aryl methyl sites for hydroxylation is 1. The van der Waals surface area contributed by atoms with Gasteiger partial charge < -0.3 is 4.57 Å². The summed E-state index contributed by atoms with van der Waals surface area (Å²) < 4.78 is 2.17. The molecule has 0 unspecified atom stereocenters. The number of para-hydroxylation sites is 1. The van der Waals surface area contributed by atoms with Gasteiger partial charge >= 0.3 is 0 Å². The number of amidine groups is 2. The predicted octanol–water partition coefficient (Wildman–Crippen LogP) is 5.06. The molecule has 0 saturated heterocycles. The molecule has 1 amide bonds. The molecule has 0 bridgehead atoms. The van der Waals surface area contributed by atoms with Gasteiger partial charge in [0.2, 0.25) is 5.17 Å². The van der Waals surface area contributed by atoms with Gasteiger partial charge in [0.05, 0.1) is 5.57 Å². The molecule has 170 valence electrons. The van der Waals surface area contributed by atoms with Crippen LogP contribution >= 0.6 is 11.8 Å². The van der Waals surface area contributed by atoms with E-state index in [0.717, 1.165) is 22.0 Å². The summed E-state index contributed by atoms with van der Waals surface area (Å²) in [4.78, 5) is 21.3. The molecular formula is C27H20N6OS. The summed E-state index contributed by atoms with van der Waals surface area (Å²) in [5.74, 6) is -0.423. The first kappa shape index (κ1) is 21.2. The van der Waals surface area contributed by atoms with Crippen molar-refractivity contribution in [2.45, 2.75) is 13.5 Å². The summed E-state index contributed by atoms with van der Waals surface area (Å²) in [6, 6.07) is 20.3. The topological polar surface area (TPSA) is 86.7 Å². The lowest BCUT2D eigenvalue weighted by Gasteiger charge is -2.20. The van der Waals surface area contributed by atoms with Gasteiger partial charge in [-0.2, -0.15) is 15.1 Å². The summed E-state index contributed by atoms with van der Waals surface area (Å²) in [6.07, 6.45) is 7.17. The van der Waals surface area contributed by atoms with Gasteiger partial charge in [0, 0.05) is 47.2 Å². The van der Waals surface area contributed by atoms with E-state index in [1.54, 1.807) is 18.5 Å². The minimum absolute atomic E-state index is 0.0155. The average molecular weight is 477 g/mol. The first-order valence-corrected chi connectivity index (χ1v) is 11.9. The van der Waals surface area contributed by atoms with Crippen molar-refractivity contribution in [2.24, 2.45) is 10.1 Å². The van der Waals surface area contributed by atoms with Crippen molar-refractivity contribution >= 4 is 50.7 Å². The maximum absolute atomic E-state index is 13.0. The Morgan fingerprint density at radius 1 is 1.06 bits per heavy atom. The van der Waals surface area contributed by atoms with E-state index in [4.69, 9.17) is 5.41 Å². The van der Waals surface area contributed by atoms with Crippen molar-refractivity contribution in [1.29, 1.82) is 5.41 Å². The molecule has 4 heterocycles. The molecule has 0 radical (unpaired) electrons. The number of pyridine rings is 1. The lowest BCUT2D eigenvalue weighted by molar-refractivity contribution is -0.114. The van der Waals surface area contributed by atoms with Crippen LogP contribution in [0, 0.1) is 12.3 Å². The molecule has 0 spiro atoms. The van der Waals surface area contributed by atoms with Crippen LogP contribution in [-0.2, 0) is 11.3 Å². The molecule has 0 aliphatic carbocycles. The summed E-state index contributed by atoms with van der Waals surface area (Å²) in [5, 5.41) is 16.7. The number of benzene rings is 2. The molecule has 1 N–H and O–H groups in total. The quantitative estimate of drug-likeness (QED) is 0.417. The number of hydrogen-bond donors (Lipinski definition) is 1. The highest BCUT2D eigenvalue weighted by atomic mass is 32.2. The fourth-order valence-electron chi connectivity index (χ4n) is 4.16. The van der Waals surface area contributed by atoms with Gasteiger partial charge in [-0.05, 0) is 48.5 Å². The van der Waals surface area contributed by atoms with Gasteiger partial charge in [0.15, 0.2) is 5.84 Å². The molecule has 2 aliphatic heterocycles. The van der Waals surface area contributed by atoms with Crippen molar-refractivity contribution in [1.82, 2.24) is 14.6 Å². The molecule has 2 aromatic heterocycles. The van der Waals surface area contributed by atoms with E-state index in [2.05, 4.69) is 56.9 Å². The standard InChI is InChI=1S/C27H20N6OS/c1-17-8-10-18(11-9-17)15-32-16-20(21-6-2-3-7-23(21)32)13-22-24(28)33-27(30-25(22)34)35-26(31-33)19-5-4-12-29-14-19/h2-14,16,28H,15H2,1H3. The van der Waals surface area contributed by atoms with E-state index in [-0.39, 0.29) is 11.4 Å². The Morgan fingerprint density at radius 3 is 2.69 bits per heavy atom. The molecule has 35 heavy (non-hydrogen) atoms. The Hall–Kier alpha value is -4.30. The van der Waals surface area contributed by atoms with Crippen molar-refractivity contribution in [3.8, 4) is 0 Å². The number of amides is 1. The van der Waals surface area contributed by atoms with Crippen LogP contribution in [0.4, 0.5) is 0 Å². The number of fused-ring (bicyclic) bond motifs is 2. The Bertz CT molecular complexity index is 1580. The SMILES string of the molecule is Cc1ccc(Cn2cc(C=C3C(=N)N4N=C(c5cccnc5)SC4=NC3=O)c3ccccc32)cc1. The first-order valence-electron chi connectivity index (χ1n) is 11.1. The molecule has 7 nitrogen and oxygen atoms in total. The summed E-state index contributed by atoms with van der Waals surface area (Å²) in [7, 11) is 0. The first-order chi connectivity index (χ1) is 17.1. The summed E-state index contributed by atoms with van der Waals surface area (Å²) in [5.41, 5.74) is 5.37. The van der Waals surface area contributed by atoms with Crippen LogP contribution in [0.15, 0.2) is 94.9 Å². The third-order valence-electron chi connectivity index (χ3n) is 5.96. The van der Waals surface area contributed by atoms with E-state index in [0.29, 0.717) is 16.8 Å². The van der Waals surface area contributed by atoms with Crippen molar-refractivity contribution < 1.29 is 4.79 Å². The molecule has 0 saturated carbocycles. The number of hydrazone groups is 1. The lowest BCUT2D eigenvalue weighted by atomic mass is 10.1. The molecule has 2 aliphatic rings. The zero-order valence-electron chi connectivity index (χ0n) is 18.8. The second kappa shape index (κ2) is 8.48. The van der Waals surface area contributed by atoms with Crippen LogP contribution < -0.4 is 0 Å². The van der Waals surface area contributed by atoms with E-state index in [1.165, 1.54) is 27.9 Å². The highest BCUT2D eigenvalue weighted by Crippen LogP contribution is 2.32. The molecule has 0 atom stereocenters. The van der Waals surface area contributed by atoms with E-state index >= 15 is 0 Å². The Kier molecular flexibility index (Phi) is 5.15. The molecule has 4 aromatic rings. The van der Waals surface area contributed by atoms with Gasteiger partial charge in [0.1, 0.15) is 5.04 Å². The van der Waals surface area contributed by atoms with Crippen molar-refractivity contribution in [2.75, 3.05) is 0 Å². The second-order valence-electron chi connectivity index (χ2n) is 8.38. The number of thioether (sulfide) groups is 1. The molecular weight excluding hydrogens is 456 g/mol. The fraction of sp³-hybridized carbons (Fsp3) is 0.0741. The highest BCUT2D eigenvalue weighted by Gasteiger charge is 2.36. The number of aromatic nitrogens is 2. The minimum Gasteiger partial charge on any atom is -0.342 e. The van der Waals surface area contributed by atoms with Crippen LogP contribution in [0.1, 0.15) is 22.3 Å². The normalized spacial score (nSPS) is 16.6. The number of hydrogen-bond acceptors (Lipinski definition) is 5. The minimum atomic E-state index is -0.438. The smallest absolute Gasteiger partial charge is 0.283 e. The maximum atomic E-state index is 13.0. The van der Waals surface area contributed by atoms with Crippen LogP contribution in [0.2, 0.25) is 0 Å². The van der Waals surface area contributed by atoms with Crippen LogP contribution in [0.25, 0.3) is 17.0 Å². The zero-order valence-corrected chi connectivity index (χ0v) is 19.7. The monoisotopic (exact) mass is 476 g/mol. The molecule has 6 rings (SSSR count). The summed E-state index contributed by atoms with van der Waals surface area (Å²) in [6.45, 7) is 2.78. The van der Waals surface area contributed by atoms with Gasteiger partial charge in [-0.25, -0.2) is 0 Å². The van der Waals surface area contributed by atoms with Crippen LogP contribution in [0.5, 0.6) is 0 Å². The van der Waals surface area contributed by atoms with E-state index < -0.39 is 5.91 Å². The van der Waals surface area contributed by atoms with Gasteiger partial charge in [-0.3, -0.25) is 15.2 Å². The Balaban J connectivity index is 1.37. The number of rotatable bonds is 4. The zero-order chi connectivity index (χ0) is 23.9. The highest BCUT2D eigenvalue weighted by molar-refractivity contribution is 8.27. The Morgan fingerprint density at radius 2 is 1.89 bits per heavy atom. The van der Waals surface area contributed by atoms with E-state index in [1.807, 2.05) is 36.5 Å². The van der Waals surface area contributed by atoms with Crippen molar-refractivity contribution in [3.05, 3.63) is 107 Å². The number of carbonyl (C=O) groups is 1. The fourth-order valence-corrected chi connectivity index (χ4v) is 5.05. The van der Waals surface area contributed by atoms with Crippen molar-refractivity contribution in [3.63, 3.8) is 0 Å². The number of aliphatic imine (C=N–C) groups is 1. The average Bonchev–Trinajstić information content (AvgIpc) is 3.46. The molecule has 0 fully saturated rings. The lowest BCUT2D eigenvalue weighted by Crippen LogP contribution is -2.35. The molecule has 2 aromatic carbocycles.